The lowest BCUT2D eigenvalue weighted by atomic mass is 9.85. The van der Waals surface area contributed by atoms with Crippen molar-refractivity contribution in [2.24, 2.45) is 0 Å². The molecule has 56 heavy (non-hydrogen) atoms. The van der Waals surface area contributed by atoms with Crippen molar-refractivity contribution in [2.45, 2.75) is 105 Å². The summed E-state index contributed by atoms with van der Waals surface area (Å²) >= 11 is 0. The molecule has 4 heteroatoms. The monoisotopic (exact) mass is 734 g/mol. The quantitative estimate of drug-likeness (QED) is 0.181. The normalized spacial score (nSPS) is 13.0. The zero-order chi connectivity index (χ0) is 40.1. The Hall–Kier alpha value is -5.66. The van der Waals surface area contributed by atoms with Gasteiger partial charge >= 0.3 is 0 Å². The molecule has 0 aliphatic carbocycles. The number of fused-ring (bicyclic) bond motifs is 6. The van der Waals surface area contributed by atoms with Crippen molar-refractivity contribution in [2.75, 3.05) is 0 Å². The van der Waals surface area contributed by atoms with E-state index in [4.69, 9.17) is 4.98 Å². The molecule has 0 aliphatic rings. The van der Waals surface area contributed by atoms with Gasteiger partial charge in [-0.3, -0.25) is 4.98 Å². The topological polar surface area (TPSA) is 46.5 Å². The molecule has 3 heterocycles. The molecule has 0 saturated carbocycles. The SMILES string of the molecule is CC(C)(C)c1ccc2c(c1)c1cc(C(C)(C)C)ccc1n2-c1ccncc1-c1cc(C#N)ccc1-n1c2ccc(C(C)(C)C)cc2c2cc(C(C)(C)C)ccc21. The summed E-state index contributed by atoms with van der Waals surface area (Å²) in [6.07, 6.45) is 3.86. The van der Waals surface area contributed by atoms with Crippen LogP contribution in [0.2, 0.25) is 0 Å². The molecule has 4 nitrogen and oxygen atoms in total. The van der Waals surface area contributed by atoms with Crippen LogP contribution in [-0.2, 0) is 21.7 Å². The van der Waals surface area contributed by atoms with Crippen molar-refractivity contribution >= 4 is 43.6 Å². The first-order valence-corrected chi connectivity index (χ1v) is 19.9. The molecule has 0 amide bonds. The third-order valence-corrected chi connectivity index (χ3v) is 11.7. The first-order valence-electron chi connectivity index (χ1n) is 19.9. The van der Waals surface area contributed by atoms with Gasteiger partial charge in [0.15, 0.2) is 0 Å². The number of pyridine rings is 1. The second-order valence-corrected chi connectivity index (χ2v) is 19.8. The third-order valence-electron chi connectivity index (χ3n) is 11.7. The van der Waals surface area contributed by atoms with E-state index < -0.39 is 0 Å². The fourth-order valence-electron chi connectivity index (χ4n) is 8.24. The van der Waals surface area contributed by atoms with E-state index in [0.29, 0.717) is 5.56 Å². The highest BCUT2D eigenvalue weighted by atomic mass is 15.0. The van der Waals surface area contributed by atoms with Gasteiger partial charge in [0, 0.05) is 45.1 Å². The van der Waals surface area contributed by atoms with Crippen LogP contribution >= 0.6 is 0 Å². The zero-order valence-corrected chi connectivity index (χ0v) is 35.2. The predicted octanol–water partition coefficient (Wildman–Crippen LogP) is 14.0. The minimum absolute atomic E-state index is 0.00192. The Morgan fingerprint density at radius 2 is 0.786 bits per heavy atom. The molecule has 0 unspecified atom stereocenters. The van der Waals surface area contributed by atoms with Crippen LogP contribution in [0.25, 0.3) is 66.1 Å². The Labute approximate surface area is 332 Å². The molecule has 0 bridgehead atoms. The van der Waals surface area contributed by atoms with E-state index in [-0.39, 0.29) is 21.7 Å². The Morgan fingerprint density at radius 1 is 0.429 bits per heavy atom. The molecule has 5 aromatic carbocycles. The molecule has 3 aromatic heterocycles. The lowest BCUT2D eigenvalue weighted by molar-refractivity contribution is 0.590. The van der Waals surface area contributed by atoms with Crippen molar-refractivity contribution in [1.29, 1.82) is 5.26 Å². The Balaban J connectivity index is 1.46. The molecule has 0 fully saturated rings. The molecule has 0 spiro atoms. The molecular weight excluding hydrogens is 681 g/mol. The third kappa shape index (κ3) is 6.19. The van der Waals surface area contributed by atoms with Gasteiger partial charge in [0.05, 0.1) is 45.1 Å². The summed E-state index contributed by atoms with van der Waals surface area (Å²) in [6.45, 7) is 27.3. The predicted molar refractivity (Wildman–Crippen MR) is 238 cm³/mol. The molecule has 0 atom stereocenters. The van der Waals surface area contributed by atoms with Gasteiger partial charge in [-0.2, -0.15) is 5.26 Å². The second kappa shape index (κ2) is 12.7. The summed E-state index contributed by atoms with van der Waals surface area (Å²) in [5.74, 6) is 0. The second-order valence-electron chi connectivity index (χ2n) is 19.8. The van der Waals surface area contributed by atoms with Crippen LogP contribution in [0.15, 0.2) is 109 Å². The van der Waals surface area contributed by atoms with E-state index in [2.05, 4.69) is 183 Å². The Bertz CT molecular complexity index is 2750. The maximum absolute atomic E-state index is 10.3. The molecule has 8 rings (SSSR count). The number of benzene rings is 5. The molecule has 0 N–H and O–H groups in total. The molecule has 282 valence electrons. The van der Waals surface area contributed by atoms with Crippen molar-refractivity contribution in [3.63, 3.8) is 0 Å². The molecule has 0 aliphatic heterocycles. The minimum atomic E-state index is -0.00192. The number of hydrogen-bond donors (Lipinski definition) is 0. The van der Waals surface area contributed by atoms with E-state index >= 15 is 0 Å². The fraction of sp³-hybridized carbons (Fsp3) is 0.308. The highest BCUT2D eigenvalue weighted by Gasteiger charge is 2.25. The van der Waals surface area contributed by atoms with E-state index in [9.17, 15) is 5.26 Å². The lowest BCUT2D eigenvalue weighted by Crippen LogP contribution is -2.10. The van der Waals surface area contributed by atoms with Gasteiger partial charge in [0.25, 0.3) is 0 Å². The van der Waals surface area contributed by atoms with Crippen LogP contribution in [-0.4, -0.2) is 14.1 Å². The number of aromatic nitrogens is 3. The van der Waals surface area contributed by atoms with Crippen LogP contribution in [0.1, 0.15) is 111 Å². The fourth-order valence-corrected chi connectivity index (χ4v) is 8.24. The summed E-state index contributed by atoms with van der Waals surface area (Å²) in [5.41, 5.74) is 14.3. The van der Waals surface area contributed by atoms with Gasteiger partial charge in [-0.15, -0.1) is 0 Å². The summed E-state index contributed by atoms with van der Waals surface area (Å²) in [5, 5.41) is 15.3. The van der Waals surface area contributed by atoms with Gasteiger partial charge in [-0.05, 0) is 117 Å². The first kappa shape index (κ1) is 37.3. The maximum atomic E-state index is 10.3. The van der Waals surface area contributed by atoms with Crippen LogP contribution in [0, 0.1) is 11.3 Å². The van der Waals surface area contributed by atoms with Crippen LogP contribution in [0.3, 0.4) is 0 Å². The minimum Gasteiger partial charge on any atom is -0.309 e. The highest BCUT2D eigenvalue weighted by molar-refractivity contribution is 6.12. The van der Waals surface area contributed by atoms with Gasteiger partial charge in [-0.25, -0.2) is 0 Å². The van der Waals surface area contributed by atoms with Crippen molar-refractivity contribution in [1.82, 2.24) is 14.1 Å². The molecule has 8 aromatic rings. The number of nitriles is 1. The van der Waals surface area contributed by atoms with Gasteiger partial charge < -0.3 is 9.13 Å². The molecule has 0 saturated heterocycles. The van der Waals surface area contributed by atoms with Gasteiger partial charge in [0.2, 0.25) is 0 Å². The summed E-state index contributed by atoms with van der Waals surface area (Å²) in [7, 11) is 0. The number of hydrogen-bond acceptors (Lipinski definition) is 2. The summed E-state index contributed by atoms with van der Waals surface area (Å²) in [6, 6.07) is 38.5. The van der Waals surface area contributed by atoms with Crippen molar-refractivity contribution < 1.29 is 0 Å². The maximum Gasteiger partial charge on any atom is 0.0991 e. The standard InChI is InChI=1S/C52H54N4/c1-49(2,3)33-14-19-44-38(26-33)39-27-34(50(4,5)6)15-20-45(39)55(44)43-18-13-32(30-53)25-37(43)42-31-54-24-23-48(42)56-46-21-16-35(51(7,8)9)28-40(46)41-29-36(52(10,11)12)17-22-47(41)56/h13-29,31H,1-12H3. The van der Waals surface area contributed by atoms with Crippen LogP contribution in [0.5, 0.6) is 0 Å². The first-order chi connectivity index (χ1) is 26.3. The van der Waals surface area contributed by atoms with Crippen LogP contribution < -0.4 is 0 Å². The van der Waals surface area contributed by atoms with Gasteiger partial charge in [-0.1, -0.05) is 107 Å². The summed E-state index contributed by atoms with van der Waals surface area (Å²) < 4.78 is 4.80. The number of nitrogens with zero attached hydrogens (tertiary/aromatic N) is 4. The van der Waals surface area contributed by atoms with Gasteiger partial charge in [0.1, 0.15) is 0 Å². The smallest absolute Gasteiger partial charge is 0.0991 e. The zero-order valence-electron chi connectivity index (χ0n) is 35.2. The average molecular weight is 735 g/mol. The largest absolute Gasteiger partial charge is 0.309 e. The Morgan fingerprint density at radius 3 is 1.12 bits per heavy atom. The summed E-state index contributed by atoms with van der Waals surface area (Å²) in [4.78, 5) is 4.76. The van der Waals surface area contributed by atoms with Crippen LogP contribution in [0.4, 0.5) is 0 Å². The molecular formula is C52H54N4. The highest BCUT2D eigenvalue weighted by Crippen LogP contribution is 2.43. The van der Waals surface area contributed by atoms with E-state index in [1.165, 1.54) is 43.8 Å². The Kier molecular flexibility index (Phi) is 8.44. The van der Waals surface area contributed by atoms with E-state index in [0.717, 1.165) is 44.6 Å². The van der Waals surface area contributed by atoms with E-state index in [1.54, 1.807) is 0 Å². The molecule has 0 radical (unpaired) electrons. The van der Waals surface area contributed by atoms with Crippen molar-refractivity contribution in [3.8, 4) is 28.6 Å². The van der Waals surface area contributed by atoms with Crippen molar-refractivity contribution in [3.05, 3.63) is 137 Å². The number of rotatable bonds is 3. The van der Waals surface area contributed by atoms with E-state index in [1.807, 2.05) is 24.5 Å². The average Bonchev–Trinajstić information content (AvgIpc) is 3.64. The lowest BCUT2D eigenvalue weighted by Gasteiger charge is -2.21.